The van der Waals surface area contributed by atoms with Crippen molar-refractivity contribution in [2.45, 2.75) is 65.2 Å². The summed E-state index contributed by atoms with van der Waals surface area (Å²) in [5.74, 6) is 0.210. The summed E-state index contributed by atoms with van der Waals surface area (Å²) in [5.41, 5.74) is 1.16. The van der Waals surface area contributed by atoms with E-state index in [4.69, 9.17) is 8.85 Å². The van der Waals surface area contributed by atoms with Gasteiger partial charge in [0, 0.05) is 12.7 Å². The van der Waals surface area contributed by atoms with Crippen molar-refractivity contribution in [1.82, 2.24) is 0 Å². The minimum absolute atomic E-state index is 0.182. The molecule has 0 aliphatic rings. The van der Waals surface area contributed by atoms with E-state index in [9.17, 15) is 4.39 Å². The smallest absolute Gasteiger partial charge is 0.184 e. The summed E-state index contributed by atoms with van der Waals surface area (Å²) in [4.78, 5) is 0. The van der Waals surface area contributed by atoms with Crippen molar-refractivity contribution in [3.05, 3.63) is 35.6 Å². The molecule has 0 N–H and O–H groups in total. The molecule has 0 amide bonds. The summed E-state index contributed by atoms with van der Waals surface area (Å²) in [6.07, 6.45) is 2.07. The van der Waals surface area contributed by atoms with Crippen molar-refractivity contribution in [3.8, 4) is 0 Å². The molecule has 1 aromatic carbocycles. The molecule has 0 fully saturated rings. The van der Waals surface area contributed by atoms with Crippen LogP contribution in [0.1, 0.15) is 18.9 Å². The zero-order valence-corrected chi connectivity index (χ0v) is 17.8. The molecular weight excluding hydrogens is 323 g/mol. The highest BCUT2D eigenvalue weighted by molar-refractivity contribution is 6.70. The molecule has 1 rings (SSSR count). The molecule has 0 spiro atoms. The lowest BCUT2D eigenvalue weighted by molar-refractivity contribution is 0.122. The lowest BCUT2D eigenvalue weighted by Gasteiger charge is -2.31. The third-order valence-corrected chi connectivity index (χ3v) is 5.79. The Kier molecular flexibility index (Phi) is 7.64. The van der Waals surface area contributed by atoms with Gasteiger partial charge in [0.05, 0.1) is 0 Å². The van der Waals surface area contributed by atoms with Crippen molar-refractivity contribution in [1.29, 1.82) is 0 Å². The molecular formula is C18H33FO2Si2. The molecule has 2 atom stereocenters. The fourth-order valence-electron chi connectivity index (χ4n) is 2.60. The molecule has 132 valence electrons. The summed E-state index contributed by atoms with van der Waals surface area (Å²) < 4.78 is 25.4. The monoisotopic (exact) mass is 356 g/mol. The Morgan fingerprint density at radius 1 is 0.957 bits per heavy atom. The first-order valence-electron chi connectivity index (χ1n) is 8.52. The molecule has 0 heterocycles. The second kappa shape index (κ2) is 8.56. The van der Waals surface area contributed by atoms with Gasteiger partial charge in [0.15, 0.2) is 16.6 Å². The van der Waals surface area contributed by atoms with Gasteiger partial charge in [-0.05, 0) is 82.7 Å². The number of rotatable bonds is 9. The third-order valence-electron chi connectivity index (χ3n) is 3.64. The van der Waals surface area contributed by atoms with Crippen LogP contribution in [0.15, 0.2) is 24.3 Å². The van der Waals surface area contributed by atoms with Crippen molar-refractivity contribution in [2.24, 2.45) is 5.92 Å². The maximum atomic E-state index is 13.1. The largest absolute Gasteiger partial charge is 0.418 e. The van der Waals surface area contributed by atoms with Crippen molar-refractivity contribution in [3.63, 3.8) is 0 Å². The van der Waals surface area contributed by atoms with Gasteiger partial charge in [-0.25, -0.2) is 4.39 Å². The average Bonchev–Trinajstić information content (AvgIpc) is 2.36. The molecule has 2 unspecified atom stereocenters. The van der Waals surface area contributed by atoms with Gasteiger partial charge in [-0.3, -0.25) is 0 Å². The van der Waals surface area contributed by atoms with Crippen molar-refractivity contribution in [2.75, 3.05) is 6.61 Å². The number of hydrogen-bond acceptors (Lipinski definition) is 2. The molecule has 5 heteroatoms. The highest BCUT2D eigenvalue weighted by Gasteiger charge is 2.25. The van der Waals surface area contributed by atoms with Crippen LogP contribution in [0.3, 0.4) is 0 Å². The van der Waals surface area contributed by atoms with E-state index in [-0.39, 0.29) is 11.9 Å². The summed E-state index contributed by atoms with van der Waals surface area (Å²) >= 11 is 0. The zero-order chi connectivity index (χ0) is 17.7. The van der Waals surface area contributed by atoms with Gasteiger partial charge in [-0.15, -0.1) is 0 Å². The fourth-order valence-corrected chi connectivity index (χ4v) is 4.63. The highest BCUT2D eigenvalue weighted by atomic mass is 28.4. The zero-order valence-electron chi connectivity index (χ0n) is 15.8. The van der Waals surface area contributed by atoms with E-state index in [1.807, 2.05) is 12.1 Å². The van der Waals surface area contributed by atoms with E-state index >= 15 is 0 Å². The van der Waals surface area contributed by atoms with Gasteiger partial charge >= 0.3 is 0 Å². The topological polar surface area (TPSA) is 18.5 Å². The van der Waals surface area contributed by atoms with Gasteiger partial charge in [-0.2, -0.15) is 0 Å². The Morgan fingerprint density at radius 2 is 1.52 bits per heavy atom. The molecule has 2 nitrogen and oxygen atoms in total. The van der Waals surface area contributed by atoms with Crippen molar-refractivity contribution >= 4 is 16.6 Å². The van der Waals surface area contributed by atoms with E-state index in [0.29, 0.717) is 5.92 Å². The van der Waals surface area contributed by atoms with Crippen LogP contribution in [0.4, 0.5) is 4.39 Å². The molecule has 0 aliphatic carbocycles. The van der Waals surface area contributed by atoms with E-state index in [2.05, 4.69) is 46.2 Å². The van der Waals surface area contributed by atoms with E-state index in [0.717, 1.165) is 25.0 Å². The lowest BCUT2D eigenvalue weighted by atomic mass is 9.92. The van der Waals surface area contributed by atoms with E-state index < -0.39 is 16.6 Å². The SMILES string of the molecule is CC(O[Si](C)(C)C)C(CCO[Si](C)(C)C)Cc1ccc(F)cc1. The van der Waals surface area contributed by atoms with Crippen molar-refractivity contribution < 1.29 is 13.2 Å². The molecule has 0 radical (unpaired) electrons. The second-order valence-corrected chi connectivity index (χ2v) is 17.2. The van der Waals surface area contributed by atoms with Crippen LogP contribution in [-0.2, 0) is 15.3 Å². The first-order chi connectivity index (χ1) is 10.5. The molecule has 0 bridgehead atoms. The van der Waals surface area contributed by atoms with E-state index in [1.165, 1.54) is 12.1 Å². The van der Waals surface area contributed by atoms with Crippen LogP contribution in [0.25, 0.3) is 0 Å². The fraction of sp³-hybridized carbons (Fsp3) is 0.667. The molecule has 0 aromatic heterocycles. The first-order valence-corrected chi connectivity index (χ1v) is 15.3. The number of halogens is 1. The standard InChI is InChI=1S/C18H33FO2Si2/c1-15(21-23(5,6)7)17(12-13-20-22(2,3)4)14-16-8-10-18(19)11-9-16/h8-11,15,17H,12-14H2,1-7H3. The Bertz CT molecular complexity index is 463. The van der Waals surface area contributed by atoms with Crippen LogP contribution in [0, 0.1) is 11.7 Å². The normalized spacial score (nSPS) is 15.5. The predicted octanol–water partition coefficient (Wildman–Crippen LogP) is 5.47. The van der Waals surface area contributed by atoms with Crippen LogP contribution in [0.2, 0.25) is 39.3 Å². The molecule has 23 heavy (non-hydrogen) atoms. The van der Waals surface area contributed by atoms with Gasteiger partial charge in [-0.1, -0.05) is 12.1 Å². The van der Waals surface area contributed by atoms with Crippen LogP contribution >= 0.6 is 0 Å². The summed E-state index contributed by atoms with van der Waals surface area (Å²) in [7, 11) is -3.06. The average molecular weight is 357 g/mol. The van der Waals surface area contributed by atoms with Crippen LogP contribution in [-0.4, -0.2) is 29.3 Å². The quantitative estimate of drug-likeness (QED) is 0.547. The Morgan fingerprint density at radius 3 is 2.00 bits per heavy atom. The highest BCUT2D eigenvalue weighted by Crippen LogP contribution is 2.23. The maximum Gasteiger partial charge on any atom is 0.184 e. The summed E-state index contributed by atoms with van der Waals surface area (Å²) in [6, 6.07) is 6.83. The Hall–Kier alpha value is -0.496. The number of hydrogen-bond donors (Lipinski definition) is 0. The minimum atomic E-state index is -1.58. The minimum Gasteiger partial charge on any atom is -0.418 e. The molecule has 1 aromatic rings. The molecule has 0 saturated heterocycles. The Labute approximate surface area is 143 Å². The lowest BCUT2D eigenvalue weighted by Crippen LogP contribution is -2.36. The van der Waals surface area contributed by atoms with Crippen LogP contribution < -0.4 is 0 Å². The number of benzene rings is 1. The van der Waals surface area contributed by atoms with E-state index in [1.54, 1.807) is 0 Å². The maximum absolute atomic E-state index is 13.1. The Balaban J connectivity index is 2.72. The first kappa shape index (κ1) is 20.5. The van der Waals surface area contributed by atoms with Gasteiger partial charge in [0.1, 0.15) is 5.82 Å². The molecule has 0 aliphatic heterocycles. The third kappa shape index (κ3) is 9.40. The summed E-state index contributed by atoms with van der Waals surface area (Å²) in [5, 5.41) is 0. The van der Waals surface area contributed by atoms with Crippen LogP contribution in [0.5, 0.6) is 0 Å². The second-order valence-electron chi connectivity index (χ2n) is 8.28. The van der Waals surface area contributed by atoms with Gasteiger partial charge < -0.3 is 8.85 Å². The predicted molar refractivity (Wildman–Crippen MR) is 101 cm³/mol. The molecule has 0 saturated carbocycles. The van der Waals surface area contributed by atoms with Gasteiger partial charge in [0.25, 0.3) is 0 Å². The van der Waals surface area contributed by atoms with Gasteiger partial charge in [0.2, 0.25) is 0 Å². The summed E-state index contributed by atoms with van der Waals surface area (Å²) in [6.45, 7) is 16.2.